The number of hydrogen-bond donors (Lipinski definition) is 1. The highest BCUT2D eigenvalue weighted by Crippen LogP contribution is 2.28. The molecular formula is C23H22ClNOS. The fraction of sp³-hybridized carbons (Fsp3) is 0.174. The van der Waals surface area contributed by atoms with Crippen molar-refractivity contribution in [3.05, 3.63) is 101 Å². The first-order chi connectivity index (χ1) is 13.0. The van der Waals surface area contributed by atoms with E-state index in [4.69, 9.17) is 11.6 Å². The van der Waals surface area contributed by atoms with Gasteiger partial charge in [-0.3, -0.25) is 4.79 Å². The normalized spacial score (nSPS) is 13.0. The summed E-state index contributed by atoms with van der Waals surface area (Å²) < 4.78 is 0. The number of aryl methyl sites for hydroxylation is 1. The zero-order valence-electron chi connectivity index (χ0n) is 15.4. The summed E-state index contributed by atoms with van der Waals surface area (Å²) in [5.74, 6) is 0.00653. The SMILES string of the molecule is Cc1ccccc1[C@H](NC(=O)[C@@H](C)Sc1ccc(Cl)cc1)c1ccccc1. The first-order valence-electron chi connectivity index (χ1n) is 8.87. The monoisotopic (exact) mass is 395 g/mol. The molecule has 3 aromatic carbocycles. The van der Waals surface area contributed by atoms with E-state index >= 15 is 0 Å². The van der Waals surface area contributed by atoms with Crippen LogP contribution in [0.2, 0.25) is 5.02 Å². The molecule has 3 rings (SSSR count). The highest BCUT2D eigenvalue weighted by atomic mass is 35.5. The van der Waals surface area contributed by atoms with Crippen LogP contribution in [0.4, 0.5) is 0 Å². The molecule has 4 heteroatoms. The van der Waals surface area contributed by atoms with Gasteiger partial charge in [-0.25, -0.2) is 0 Å². The molecule has 27 heavy (non-hydrogen) atoms. The summed E-state index contributed by atoms with van der Waals surface area (Å²) in [7, 11) is 0. The smallest absolute Gasteiger partial charge is 0.233 e. The second-order valence-corrected chi connectivity index (χ2v) is 8.27. The van der Waals surface area contributed by atoms with Crippen LogP contribution in [0.15, 0.2) is 83.8 Å². The molecule has 0 aliphatic rings. The number of carbonyl (C=O) groups excluding carboxylic acids is 1. The van der Waals surface area contributed by atoms with Crippen LogP contribution in [0.1, 0.15) is 29.7 Å². The Kier molecular flexibility index (Phi) is 6.59. The molecule has 0 saturated carbocycles. The lowest BCUT2D eigenvalue weighted by Gasteiger charge is -2.23. The quantitative estimate of drug-likeness (QED) is 0.516. The predicted octanol–water partition coefficient (Wildman–Crippen LogP) is 6.03. The summed E-state index contributed by atoms with van der Waals surface area (Å²) in [6.45, 7) is 4.00. The summed E-state index contributed by atoms with van der Waals surface area (Å²) in [6, 6.07) is 25.6. The summed E-state index contributed by atoms with van der Waals surface area (Å²) in [5, 5.41) is 3.71. The third kappa shape index (κ3) is 5.15. The Hall–Kier alpha value is -2.23. The summed E-state index contributed by atoms with van der Waals surface area (Å²) in [4.78, 5) is 13.9. The van der Waals surface area contributed by atoms with Crippen molar-refractivity contribution in [2.45, 2.75) is 30.0 Å². The van der Waals surface area contributed by atoms with E-state index in [1.165, 1.54) is 11.8 Å². The number of hydrogen-bond acceptors (Lipinski definition) is 2. The summed E-state index contributed by atoms with van der Waals surface area (Å²) in [6.07, 6.45) is 0. The Morgan fingerprint density at radius 3 is 2.22 bits per heavy atom. The van der Waals surface area contributed by atoms with Crippen molar-refractivity contribution in [3.8, 4) is 0 Å². The molecule has 2 atom stereocenters. The highest BCUT2D eigenvalue weighted by molar-refractivity contribution is 8.00. The van der Waals surface area contributed by atoms with Gasteiger partial charge in [-0.1, -0.05) is 66.2 Å². The van der Waals surface area contributed by atoms with Crippen molar-refractivity contribution in [3.63, 3.8) is 0 Å². The van der Waals surface area contributed by atoms with E-state index in [2.05, 4.69) is 24.4 Å². The molecule has 1 N–H and O–H groups in total. The molecule has 2 nitrogen and oxygen atoms in total. The number of benzene rings is 3. The van der Waals surface area contributed by atoms with E-state index in [-0.39, 0.29) is 17.2 Å². The first-order valence-corrected chi connectivity index (χ1v) is 10.1. The number of amides is 1. The molecule has 0 unspecified atom stereocenters. The maximum atomic E-state index is 12.9. The zero-order chi connectivity index (χ0) is 19.2. The van der Waals surface area contributed by atoms with Crippen molar-refractivity contribution >= 4 is 29.3 Å². The molecular weight excluding hydrogens is 374 g/mol. The third-order valence-electron chi connectivity index (χ3n) is 4.41. The van der Waals surface area contributed by atoms with Crippen LogP contribution in [0.3, 0.4) is 0 Å². The summed E-state index contributed by atoms with van der Waals surface area (Å²) in [5.41, 5.74) is 3.34. The molecule has 1 amide bonds. The van der Waals surface area contributed by atoms with E-state index in [1.807, 2.05) is 73.7 Å². The molecule has 3 aromatic rings. The Morgan fingerprint density at radius 2 is 1.56 bits per heavy atom. The van der Waals surface area contributed by atoms with Gasteiger partial charge in [-0.2, -0.15) is 0 Å². The van der Waals surface area contributed by atoms with Crippen molar-refractivity contribution in [2.24, 2.45) is 0 Å². The minimum absolute atomic E-state index is 0.00653. The molecule has 0 aromatic heterocycles. The van der Waals surface area contributed by atoms with E-state index in [1.54, 1.807) is 0 Å². The second kappa shape index (κ2) is 9.12. The fourth-order valence-corrected chi connectivity index (χ4v) is 3.93. The topological polar surface area (TPSA) is 29.1 Å². The first kappa shape index (κ1) is 19.5. The lowest BCUT2D eigenvalue weighted by molar-refractivity contribution is -0.120. The molecule has 138 valence electrons. The maximum Gasteiger partial charge on any atom is 0.233 e. The molecule has 0 heterocycles. The lowest BCUT2D eigenvalue weighted by atomic mass is 9.95. The number of rotatable bonds is 6. The standard InChI is InChI=1S/C23H22ClNOS/c1-16-8-6-7-11-21(16)22(18-9-4-3-5-10-18)25-23(26)17(2)27-20-14-12-19(24)13-15-20/h3-15,17,22H,1-2H3,(H,25,26)/t17-,22-/m1/s1. The lowest BCUT2D eigenvalue weighted by Crippen LogP contribution is -2.35. The van der Waals surface area contributed by atoms with Crippen LogP contribution >= 0.6 is 23.4 Å². The van der Waals surface area contributed by atoms with Gasteiger partial charge in [0.25, 0.3) is 0 Å². The van der Waals surface area contributed by atoms with Crippen LogP contribution in [-0.2, 0) is 4.79 Å². The second-order valence-electron chi connectivity index (χ2n) is 6.42. The van der Waals surface area contributed by atoms with Crippen molar-refractivity contribution in [2.75, 3.05) is 0 Å². The van der Waals surface area contributed by atoms with E-state index < -0.39 is 0 Å². The Balaban J connectivity index is 1.80. The highest BCUT2D eigenvalue weighted by Gasteiger charge is 2.22. The Bertz CT molecular complexity index is 896. The molecule has 0 spiro atoms. The van der Waals surface area contributed by atoms with Gasteiger partial charge in [0.2, 0.25) is 5.91 Å². The Morgan fingerprint density at radius 1 is 0.926 bits per heavy atom. The average Bonchev–Trinajstić information content (AvgIpc) is 2.69. The minimum Gasteiger partial charge on any atom is -0.344 e. The predicted molar refractivity (Wildman–Crippen MR) is 114 cm³/mol. The van der Waals surface area contributed by atoms with Gasteiger partial charge in [0, 0.05) is 9.92 Å². The van der Waals surface area contributed by atoms with Crippen LogP contribution in [0.25, 0.3) is 0 Å². The largest absolute Gasteiger partial charge is 0.344 e. The molecule has 0 bridgehead atoms. The van der Waals surface area contributed by atoms with E-state index in [0.29, 0.717) is 5.02 Å². The number of carbonyl (C=O) groups is 1. The van der Waals surface area contributed by atoms with Gasteiger partial charge >= 0.3 is 0 Å². The van der Waals surface area contributed by atoms with Gasteiger partial charge in [-0.15, -0.1) is 11.8 Å². The third-order valence-corrected chi connectivity index (χ3v) is 5.78. The number of nitrogens with one attached hydrogen (secondary N) is 1. The summed E-state index contributed by atoms with van der Waals surface area (Å²) >= 11 is 7.47. The number of halogens is 1. The maximum absolute atomic E-state index is 12.9. The number of thioether (sulfide) groups is 1. The molecule has 0 aliphatic carbocycles. The van der Waals surface area contributed by atoms with Gasteiger partial charge in [0.1, 0.15) is 0 Å². The van der Waals surface area contributed by atoms with Crippen molar-refractivity contribution < 1.29 is 4.79 Å². The minimum atomic E-state index is -0.221. The molecule has 0 radical (unpaired) electrons. The zero-order valence-corrected chi connectivity index (χ0v) is 16.9. The molecule has 0 saturated heterocycles. The van der Waals surface area contributed by atoms with E-state index in [9.17, 15) is 4.79 Å². The average molecular weight is 396 g/mol. The van der Waals surface area contributed by atoms with Gasteiger partial charge < -0.3 is 5.32 Å². The van der Waals surface area contributed by atoms with Gasteiger partial charge in [-0.05, 0) is 54.8 Å². The van der Waals surface area contributed by atoms with Crippen molar-refractivity contribution in [1.29, 1.82) is 0 Å². The van der Waals surface area contributed by atoms with Gasteiger partial charge in [0.05, 0.1) is 11.3 Å². The Labute approximate surface area is 170 Å². The van der Waals surface area contributed by atoms with E-state index in [0.717, 1.165) is 21.6 Å². The fourth-order valence-electron chi connectivity index (χ4n) is 2.93. The van der Waals surface area contributed by atoms with Crippen LogP contribution < -0.4 is 5.32 Å². The molecule has 0 fully saturated rings. The molecule has 0 aliphatic heterocycles. The van der Waals surface area contributed by atoms with Gasteiger partial charge in [0.15, 0.2) is 0 Å². The van der Waals surface area contributed by atoms with Crippen molar-refractivity contribution in [1.82, 2.24) is 5.32 Å². The van der Waals surface area contributed by atoms with Crippen LogP contribution in [0.5, 0.6) is 0 Å². The van der Waals surface area contributed by atoms with Crippen LogP contribution in [-0.4, -0.2) is 11.2 Å². The van der Waals surface area contributed by atoms with Crippen LogP contribution in [0, 0.1) is 6.92 Å².